The molecule has 2 atom stereocenters. The normalized spacial score (nSPS) is 18.6. The molecule has 0 aliphatic heterocycles. The Kier molecular flexibility index (Phi) is 9.80. The van der Waals surface area contributed by atoms with Gasteiger partial charge in [-0.15, -0.1) is 0 Å². The van der Waals surface area contributed by atoms with Gasteiger partial charge in [-0.25, -0.2) is 0 Å². The number of carboxylic acid groups (broad SMARTS) is 3. The number of hydrogen-bond donors (Lipinski definition) is 3. The van der Waals surface area contributed by atoms with E-state index in [1.807, 2.05) is 31.2 Å². The van der Waals surface area contributed by atoms with Gasteiger partial charge < -0.3 is 15.3 Å². The minimum atomic E-state index is -1.11. The second-order valence-electron chi connectivity index (χ2n) is 8.30. The molecule has 1 aromatic rings. The highest BCUT2D eigenvalue weighted by molar-refractivity contribution is 5.80. The SMILES string of the molecule is CCC(=O)Cc1ccc(CN(CC(=O)O)C2CCCCC2N(CC(=O)O)CC(=O)O)cc1. The number of aliphatic carboxylic acids is 3. The Balaban J connectivity index is 2.24. The van der Waals surface area contributed by atoms with Crippen LogP contribution >= 0.6 is 0 Å². The molecule has 1 aliphatic rings. The number of benzene rings is 1. The zero-order chi connectivity index (χ0) is 23.7. The molecule has 2 rings (SSSR count). The summed E-state index contributed by atoms with van der Waals surface area (Å²) in [5.74, 6) is -3.08. The van der Waals surface area contributed by atoms with Gasteiger partial charge in [0, 0.05) is 31.5 Å². The molecule has 0 radical (unpaired) electrons. The summed E-state index contributed by atoms with van der Waals surface area (Å²) in [6.45, 7) is 1.11. The first-order valence-corrected chi connectivity index (χ1v) is 10.9. The summed E-state index contributed by atoms with van der Waals surface area (Å²) in [7, 11) is 0. The van der Waals surface area contributed by atoms with Crippen molar-refractivity contribution in [1.29, 1.82) is 0 Å². The molecule has 2 unspecified atom stereocenters. The lowest BCUT2D eigenvalue weighted by molar-refractivity contribution is -0.146. The van der Waals surface area contributed by atoms with Gasteiger partial charge in [-0.1, -0.05) is 44.0 Å². The minimum Gasteiger partial charge on any atom is -0.480 e. The van der Waals surface area contributed by atoms with Crippen molar-refractivity contribution in [3.8, 4) is 0 Å². The Morgan fingerprint density at radius 1 is 0.781 bits per heavy atom. The van der Waals surface area contributed by atoms with E-state index in [2.05, 4.69) is 0 Å². The molecule has 1 aliphatic carbocycles. The second-order valence-corrected chi connectivity index (χ2v) is 8.30. The molecule has 0 heterocycles. The van der Waals surface area contributed by atoms with Gasteiger partial charge in [-0.05, 0) is 24.0 Å². The molecule has 0 aromatic heterocycles. The van der Waals surface area contributed by atoms with Crippen LogP contribution in [0.2, 0.25) is 0 Å². The molecule has 9 heteroatoms. The number of rotatable bonds is 13. The first-order valence-electron chi connectivity index (χ1n) is 10.9. The smallest absolute Gasteiger partial charge is 0.317 e. The molecular weight excluding hydrogens is 416 g/mol. The van der Waals surface area contributed by atoms with Crippen LogP contribution in [0.1, 0.15) is 50.2 Å². The largest absolute Gasteiger partial charge is 0.480 e. The summed E-state index contributed by atoms with van der Waals surface area (Å²) >= 11 is 0. The van der Waals surface area contributed by atoms with Crippen molar-refractivity contribution in [3.05, 3.63) is 35.4 Å². The highest BCUT2D eigenvalue weighted by Crippen LogP contribution is 2.28. The summed E-state index contributed by atoms with van der Waals surface area (Å²) in [5, 5.41) is 28.0. The Bertz CT molecular complexity index is 793. The predicted molar refractivity (Wildman–Crippen MR) is 116 cm³/mol. The fraction of sp³-hybridized carbons (Fsp3) is 0.565. The van der Waals surface area contributed by atoms with Gasteiger partial charge >= 0.3 is 17.9 Å². The molecule has 0 bridgehead atoms. The first kappa shape index (κ1) is 25.5. The quantitative estimate of drug-likeness (QED) is 0.413. The topological polar surface area (TPSA) is 135 Å². The number of ketones is 1. The maximum Gasteiger partial charge on any atom is 0.317 e. The van der Waals surface area contributed by atoms with E-state index in [-0.39, 0.29) is 24.4 Å². The third-order valence-electron chi connectivity index (χ3n) is 5.85. The van der Waals surface area contributed by atoms with Gasteiger partial charge in [0.05, 0.1) is 19.6 Å². The molecule has 176 valence electrons. The zero-order valence-corrected chi connectivity index (χ0v) is 18.4. The number of Topliss-reactive ketones (excluding diaryl/α,β-unsaturated/α-hetero) is 1. The van der Waals surface area contributed by atoms with Crippen LogP contribution in [0.25, 0.3) is 0 Å². The van der Waals surface area contributed by atoms with Crippen LogP contribution in [-0.4, -0.2) is 80.5 Å². The molecule has 3 N–H and O–H groups in total. The van der Waals surface area contributed by atoms with E-state index in [4.69, 9.17) is 0 Å². The van der Waals surface area contributed by atoms with E-state index in [9.17, 15) is 34.5 Å². The van der Waals surface area contributed by atoms with Gasteiger partial charge in [0.15, 0.2) is 0 Å². The highest BCUT2D eigenvalue weighted by Gasteiger charge is 2.36. The van der Waals surface area contributed by atoms with Crippen molar-refractivity contribution in [2.24, 2.45) is 0 Å². The van der Waals surface area contributed by atoms with Crippen LogP contribution in [-0.2, 0) is 32.1 Å². The average molecular weight is 449 g/mol. The Hall–Kier alpha value is -2.78. The van der Waals surface area contributed by atoms with Crippen molar-refractivity contribution < 1.29 is 34.5 Å². The third kappa shape index (κ3) is 8.05. The number of hydrogen-bond acceptors (Lipinski definition) is 6. The summed E-state index contributed by atoms with van der Waals surface area (Å²) in [4.78, 5) is 49.2. The number of carbonyl (C=O) groups excluding carboxylic acids is 1. The molecule has 0 amide bonds. The maximum atomic E-state index is 11.7. The number of nitrogens with zero attached hydrogens (tertiary/aromatic N) is 2. The van der Waals surface area contributed by atoms with Gasteiger partial charge in [-0.3, -0.25) is 29.0 Å². The molecule has 1 aromatic carbocycles. The monoisotopic (exact) mass is 448 g/mol. The van der Waals surface area contributed by atoms with Gasteiger partial charge in [0.25, 0.3) is 0 Å². The van der Waals surface area contributed by atoms with E-state index in [1.165, 1.54) is 4.90 Å². The fourth-order valence-corrected chi connectivity index (χ4v) is 4.40. The van der Waals surface area contributed by atoms with E-state index >= 15 is 0 Å². The van der Waals surface area contributed by atoms with Crippen LogP contribution in [0.4, 0.5) is 0 Å². The highest BCUT2D eigenvalue weighted by atomic mass is 16.4. The van der Waals surface area contributed by atoms with Crippen molar-refractivity contribution in [2.45, 2.75) is 64.1 Å². The van der Waals surface area contributed by atoms with E-state index in [0.29, 0.717) is 32.2 Å². The molecule has 0 saturated heterocycles. The molecule has 32 heavy (non-hydrogen) atoms. The van der Waals surface area contributed by atoms with E-state index in [1.54, 1.807) is 4.90 Å². The number of carboxylic acids is 3. The Morgan fingerprint density at radius 2 is 1.22 bits per heavy atom. The maximum absolute atomic E-state index is 11.7. The van der Waals surface area contributed by atoms with Crippen molar-refractivity contribution >= 4 is 23.7 Å². The summed E-state index contributed by atoms with van der Waals surface area (Å²) in [6, 6.07) is 6.83. The Morgan fingerprint density at radius 3 is 1.69 bits per heavy atom. The lowest BCUT2D eigenvalue weighted by Crippen LogP contribution is -2.56. The second kappa shape index (κ2) is 12.3. The van der Waals surface area contributed by atoms with Gasteiger partial charge in [0.2, 0.25) is 0 Å². The third-order valence-corrected chi connectivity index (χ3v) is 5.85. The molecule has 1 saturated carbocycles. The van der Waals surface area contributed by atoms with Crippen LogP contribution in [0.3, 0.4) is 0 Å². The molecule has 0 spiro atoms. The van der Waals surface area contributed by atoms with Crippen molar-refractivity contribution in [2.75, 3.05) is 19.6 Å². The average Bonchev–Trinajstić information content (AvgIpc) is 2.73. The van der Waals surface area contributed by atoms with E-state index < -0.39 is 31.0 Å². The van der Waals surface area contributed by atoms with Crippen LogP contribution in [0.5, 0.6) is 0 Å². The summed E-state index contributed by atoms with van der Waals surface area (Å²) in [6.07, 6.45) is 3.80. The van der Waals surface area contributed by atoms with Crippen LogP contribution < -0.4 is 0 Å². The standard InChI is InChI=1S/C23H32N2O7/c1-2-18(26)11-16-7-9-17(10-8-16)12-24(13-21(27)28)19-5-3-4-6-20(19)25(14-22(29)30)15-23(31)32/h7-10,19-20H,2-6,11-15H2,1H3,(H,27,28)(H,29,30)(H,31,32). The molecule has 1 fully saturated rings. The molecule has 9 nitrogen and oxygen atoms in total. The van der Waals surface area contributed by atoms with E-state index in [0.717, 1.165) is 24.0 Å². The minimum absolute atomic E-state index is 0.146. The van der Waals surface area contributed by atoms with Crippen LogP contribution in [0.15, 0.2) is 24.3 Å². The van der Waals surface area contributed by atoms with Crippen molar-refractivity contribution in [1.82, 2.24) is 9.80 Å². The first-order chi connectivity index (χ1) is 15.2. The van der Waals surface area contributed by atoms with Gasteiger partial charge in [-0.2, -0.15) is 0 Å². The molecular formula is C23H32N2O7. The summed E-state index contributed by atoms with van der Waals surface area (Å²) in [5.41, 5.74) is 1.78. The van der Waals surface area contributed by atoms with Gasteiger partial charge in [0.1, 0.15) is 5.78 Å². The lowest BCUT2D eigenvalue weighted by atomic mass is 9.87. The zero-order valence-electron chi connectivity index (χ0n) is 18.4. The predicted octanol–water partition coefficient (Wildman–Crippen LogP) is 1.88. The van der Waals surface area contributed by atoms with Crippen LogP contribution in [0, 0.1) is 0 Å². The lowest BCUT2D eigenvalue weighted by Gasteiger charge is -2.44. The summed E-state index contributed by atoms with van der Waals surface area (Å²) < 4.78 is 0. The van der Waals surface area contributed by atoms with Crippen molar-refractivity contribution in [3.63, 3.8) is 0 Å². The number of carbonyl (C=O) groups is 4. The fourth-order valence-electron chi connectivity index (χ4n) is 4.40. The Labute approximate surface area is 187 Å².